The Labute approximate surface area is 152 Å². The van der Waals surface area contributed by atoms with Crippen LogP contribution in [0.1, 0.15) is 39.2 Å². The Balaban J connectivity index is 1.79. The Hall–Kier alpha value is -1.11. The molecule has 2 heterocycles. The molecule has 0 bridgehead atoms. The van der Waals surface area contributed by atoms with Gasteiger partial charge >= 0.3 is 6.09 Å². The zero-order valence-electron chi connectivity index (χ0n) is 14.2. The highest BCUT2D eigenvalue weighted by atomic mass is 35.5. The van der Waals surface area contributed by atoms with E-state index in [4.69, 9.17) is 32.7 Å². The molecule has 1 amide bonds. The maximum absolute atomic E-state index is 12.1. The molecule has 0 spiro atoms. The quantitative estimate of drug-likeness (QED) is 0.588. The lowest BCUT2D eigenvalue weighted by Crippen LogP contribution is -2.43. The molecular formula is C16H23Cl2N3O3. The van der Waals surface area contributed by atoms with E-state index in [0.717, 1.165) is 19.4 Å². The molecule has 8 heteroatoms. The third-order valence-corrected chi connectivity index (χ3v) is 4.07. The molecule has 1 aliphatic rings. The lowest BCUT2D eigenvalue weighted by Gasteiger charge is -2.34. The van der Waals surface area contributed by atoms with Crippen LogP contribution in [0.2, 0.25) is 10.4 Å². The number of rotatable bonds is 4. The molecule has 0 aromatic carbocycles. The molecular weight excluding hydrogens is 353 g/mol. The van der Waals surface area contributed by atoms with Crippen LogP contribution >= 0.6 is 23.2 Å². The second-order valence-corrected chi connectivity index (χ2v) is 7.60. The maximum atomic E-state index is 12.1. The number of hydrogen-bond acceptors (Lipinski definition) is 5. The fourth-order valence-electron chi connectivity index (χ4n) is 2.49. The molecule has 1 aromatic heterocycles. The van der Waals surface area contributed by atoms with Gasteiger partial charge in [-0.1, -0.05) is 11.6 Å². The summed E-state index contributed by atoms with van der Waals surface area (Å²) in [5.74, 6) is 0.276. The Morgan fingerprint density at radius 3 is 2.83 bits per heavy atom. The molecule has 0 radical (unpaired) electrons. The second kappa shape index (κ2) is 8.32. The monoisotopic (exact) mass is 375 g/mol. The molecule has 0 N–H and O–H groups in total. The molecule has 1 fully saturated rings. The zero-order chi connectivity index (χ0) is 17.7. The summed E-state index contributed by atoms with van der Waals surface area (Å²) in [5, 5.41) is 0.415. The number of carbonyl (C=O) groups is 1. The molecule has 6 nitrogen and oxygen atoms in total. The Bertz CT molecular complexity index is 578. The van der Waals surface area contributed by atoms with Gasteiger partial charge in [0.2, 0.25) is 5.28 Å². The summed E-state index contributed by atoms with van der Waals surface area (Å²) in [4.78, 5) is 21.7. The highest BCUT2D eigenvalue weighted by Gasteiger charge is 2.27. The first kappa shape index (κ1) is 19.2. The minimum atomic E-state index is -0.480. The van der Waals surface area contributed by atoms with E-state index in [1.165, 1.54) is 0 Å². The van der Waals surface area contributed by atoms with Crippen molar-refractivity contribution in [2.75, 3.05) is 19.7 Å². The second-order valence-electron chi connectivity index (χ2n) is 6.90. The van der Waals surface area contributed by atoms with Crippen molar-refractivity contribution in [3.05, 3.63) is 22.2 Å². The Morgan fingerprint density at radius 2 is 2.17 bits per heavy atom. The van der Waals surface area contributed by atoms with Gasteiger partial charge in [0.25, 0.3) is 0 Å². The van der Waals surface area contributed by atoms with Crippen molar-refractivity contribution in [1.29, 1.82) is 0 Å². The van der Waals surface area contributed by atoms with Crippen LogP contribution in [0, 0.1) is 5.92 Å². The highest BCUT2D eigenvalue weighted by molar-refractivity contribution is 6.32. The van der Waals surface area contributed by atoms with Gasteiger partial charge in [0, 0.05) is 30.8 Å². The van der Waals surface area contributed by atoms with Crippen LogP contribution in [-0.4, -0.2) is 46.3 Å². The first-order chi connectivity index (χ1) is 11.2. The predicted octanol–water partition coefficient (Wildman–Crippen LogP) is 3.95. The fraction of sp³-hybridized carbons (Fsp3) is 0.688. The third-order valence-electron chi connectivity index (χ3n) is 3.56. The van der Waals surface area contributed by atoms with Crippen LogP contribution in [-0.2, 0) is 16.1 Å². The van der Waals surface area contributed by atoms with Crippen molar-refractivity contribution >= 4 is 29.3 Å². The van der Waals surface area contributed by atoms with Crippen molar-refractivity contribution in [3.8, 4) is 0 Å². The summed E-state index contributed by atoms with van der Waals surface area (Å²) in [6.45, 7) is 7.83. The van der Waals surface area contributed by atoms with Gasteiger partial charge in [-0.25, -0.2) is 14.8 Å². The maximum Gasteiger partial charge on any atom is 0.410 e. The lowest BCUT2D eigenvalue weighted by molar-refractivity contribution is 0.00590. The molecule has 1 aromatic rings. The van der Waals surface area contributed by atoms with Crippen LogP contribution in [0.4, 0.5) is 4.79 Å². The van der Waals surface area contributed by atoms with Crippen molar-refractivity contribution < 1.29 is 14.3 Å². The van der Waals surface area contributed by atoms with E-state index in [2.05, 4.69) is 9.97 Å². The first-order valence-electron chi connectivity index (χ1n) is 7.97. The summed E-state index contributed by atoms with van der Waals surface area (Å²) in [6, 6.07) is 0. The van der Waals surface area contributed by atoms with Gasteiger partial charge in [-0.05, 0) is 45.2 Å². The van der Waals surface area contributed by atoms with Crippen molar-refractivity contribution in [2.24, 2.45) is 5.92 Å². The van der Waals surface area contributed by atoms with E-state index in [-0.39, 0.29) is 17.3 Å². The van der Waals surface area contributed by atoms with E-state index in [1.54, 1.807) is 11.1 Å². The molecule has 0 aliphatic carbocycles. The van der Waals surface area contributed by atoms with E-state index >= 15 is 0 Å². The van der Waals surface area contributed by atoms with Gasteiger partial charge in [0.1, 0.15) is 10.8 Å². The Morgan fingerprint density at radius 1 is 1.42 bits per heavy atom. The molecule has 1 atom stereocenters. The third kappa shape index (κ3) is 6.07. The average molecular weight is 376 g/mol. The van der Waals surface area contributed by atoms with E-state index < -0.39 is 5.60 Å². The van der Waals surface area contributed by atoms with Crippen LogP contribution in [0.25, 0.3) is 0 Å². The summed E-state index contributed by atoms with van der Waals surface area (Å²) >= 11 is 11.7. The Kier molecular flexibility index (Phi) is 6.66. The minimum absolute atomic E-state index is 0.115. The summed E-state index contributed by atoms with van der Waals surface area (Å²) in [5.41, 5.74) is 0.215. The number of carbonyl (C=O) groups excluding carboxylic acids is 1. The van der Waals surface area contributed by atoms with Crippen LogP contribution < -0.4 is 0 Å². The van der Waals surface area contributed by atoms with Gasteiger partial charge in [-0.2, -0.15) is 0 Å². The first-order valence-corrected chi connectivity index (χ1v) is 8.73. The number of halogens is 2. The molecule has 1 aliphatic heterocycles. The topological polar surface area (TPSA) is 64.5 Å². The standard InChI is InChI=1S/C16H23Cl2N3O3/c1-16(2,3)24-15(22)21-6-4-5-11(8-21)9-23-10-12-7-19-14(18)20-13(12)17/h7,11H,4-6,8-10H2,1-3H3. The zero-order valence-corrected chi connectivity index (χ0v) is 15.7. The number of ether oxygens (including phenoxy) is 2. The summed E-state index contributed by atoms with van der Waals surface area (Å²) in [6.07, 6.45) is 3.26. The van der Waals surface area contributed by atoms with Crippen LogP contribution in [0.3, 0.4) is 0 Å². The normalized spacial score (nSPS) is 18.5. The average Bonchev–Trinajstić information content (AvgIpc) is 2.48. The van der Waals surface area contributed by atoms with Crippen molar-refractivity contribution in [3.63, 3.8) is 0 Å². The lowest BCUT2D eigenvalue weighted by atomic mass is 9.99. The number of aromatic nitrogens is 2. The van der Waals surface area contributed by atoms with Gasteiger partial charge in [0.05, 0.1) is 13.2 Å². The van der Waals surface area contributed by atoms with Gasteiger partial charge in [-0.3, -0.25) is 0 Å². The van der Waals surface area contributed by atoms with Crippen molar-refractivity contribution in [2.45, 2.75) is 45.8 Å². The SMILES string of the molecule is CC(C)(C)OC(=O)N1CCCC(COCc2cnc(Cl)nc2Cl)C1. The van der Waals surface area contributed by atoms with E-state index in [9.17, 15) is 4.79 Å². The summed E-state index contributed by atoms with van der Waals surface area (Å²) in [7, 11) is 0. The smallest absolute Gasteiger partial charge is 0.410 e. The van der Waals surface area contributed by atoms with Crippen molar-refractivity contribution in [1.82, 2.24) is 14.9 Å². The van der Waals surface area contributed by atoms with Gasteiger partial charge in [0.15, 0.2) is 0 Å². The fourth-order valence-corrected chi connectivity index (χ4v) is 2.85. The molecule has 0 saturated carbocycles. The molecule has 1 saturated heterocycles. The minimum Gasteiger partial charge on any atom is -0.444 e. The number of nitrogens with zero attached hydrogens (tertiary/aromatic N) is 3. The number of hydrogen-bond donors (Lipinski definition) is 0. The number of likely N-dealkylation sites (tertiary alicyclic amines) is 1. The van der Waals surface area contributed by atoms with Crippen LogP contribution in [0.15, 0.2) is 6.20 Å². The van der Waals surface area contributed by atoms with Gasteiger partial charge < -0.3 is 14.4 Å². The van der Waals surface area contributed by atoms with Gasteiger partial charge in [-0.15, -0.1) is 0 Å². The summed E-state index contributed by atoms with van der Waals surface area (Å²) < 4.78 is 11.1. The number of amides is 1. The number of piperidine rings is 1. The molecule has 134 valence electrons. The molecule has 1 unspecified atom stereocenters. The molecule has 2 rings (SSSR count). The van der Waals surface area contributed by atoms with E-state index in [1.807, 2.05) is 20.8 Å². The molecule has 24 heavy (non-hydrogen) atoms. The van der Waals surface area contributed by atoms with Crippen LogP contribution in [0.5, 0.6) is 0 Å². The van der Waals surface area contributed by atoms with E-state index in [0.29, 0.717) is 30.5 Å². The largest absolute Gasteiger partial charge is 0.444 e. The highest BCUT2D eigenvalue weighted by Crippen LogP contribution is 2.21. The predicted molar refractivity (Wildman–Crippen MR) is 92.2 cm³/mol.